The molecule has 0 saturated carbocycles. The van der Waals surface area contributed by atoms with Gasteiger partial charge in [0, 0.05) is 28.7 Å². The van der Waals surface area contributed by atoms with Gasteiger partial charge in [-0.3, -0.25) is 0 Å². The second-order valence-corrected chi connectivity index (χ2v) is 4.43. The molecule has 0 fully saturated rings. The lowest BCUT2D eigenvalue weighted by Crippen LogP contribution is -1.99. The summed E-state index contributed by atoms with van der Waals surface area (Å²) in [4.78, 5) is 0. The van der Waals surface area contributed by atoms with Gasteiger partial charge in [-0.2, -0.15) is 0 Å². The molecule has 0 amide bonds. The van der Waals surface area contributed by atoms with E-state index >= 15 is 0 Å². The van der Waals surface area contributed by atoms with Gasteiger partial charge in [-0.15, -0.1) is 0 Å². The predicted molar refractivity (Wildman–Crippen MR) is 70.0 cm³/mol. The van der Waals surface area contributed by atoms with Crippen molar-refractivity contribution in [1.29, 1.82) is 0 Å². The molecule has 86 valence electrons. The van der Waals surface area contributed by atoms with E-state index in [1.807, 2.05) is 6.07 Å². The molecular weight excluding hydrogens is 220 g/mol. The molecule has 2 N–H and O–H groups in total. The number of nitrogens with two attached hydrogens (primary N) is 1. The van der Waals surface area contributed by atoms with E-state index in [1.165, 1.54) is 16.5 Å². The fourth-order valence-corrected chi connectivity index (χ4v) is 2.27. The van der Waals surface area contributed by atoms with Crippen LogP contribution in [0, 0.1) is 0 Å². The first-order valence-electron chi connectivity index (χ1n) is 5.73. The highest BCUT2D eigenvalue weighted by Gasteiger charge is 2.07. The number of aryl methyl sites for hydroxylation is 2. The van der Waals surface area contributed by atoms with Gasteiger partial charge < -0.3 is 10.3 Å². The van der Waals surface area contributed by atoms with Crippen LogP contribution in [0.4, 0.5) is 0 Å². The van der Waals surface area contributed by atoms with Crippen LogP contribution in [0.3, 0.4) is 0 Å². The summed E-state index contributed by atoms with van der Waals surface area (Å²) in [6, 6.07) is 6.09. The summed E-state index contributed by atoms with van der Waals surface area (Å²) in [5.74, 6) is 0. The van der Waals surface area contributed by atoms with Crippen LogP contribution in [0.5, 0.6) is 0 Å². The van der Waals surface area contributed by atoms with Gasteiger partial charge in [0.05, 0.1) is 0 Å². The second-order valence-electron chi connectivity index (χ2n) is 3.99. The van der Waals surface area contributed by atoms with Gasteiger partial charge in [0.15, 0.2) is 0 Å². The molecule has 0 aliphatic heterocycles. The van der Waals surface area contributed by atoms with Crippen molar-refractivity contribution in [2.75, 3.05) is 6.54 Å². The molecule has 0 unspecified atom stereocenters. The standard InChI is InChI=1S/C13H17ClN2/c1-2-16-9-10(4-3-7-15)12-8-11(14)5-6-13(12)16/h5-6,8-9H,2-4,7,15H2,1H3. The Morgan fingerprint density at radius 1 is 1.38 bits per heavy atom. The molecule has 2 aromatic rings. The van der Waals surface area contributed by atoms with Crippen LogP contribution in [0.2, 0.25) is 5.02 Å². The molecule has 0 radical (unpaired) electrons. The lowest BCUT2D eigenvalue weighted by molar-refractivity contribution is 0.781. The Balaban J connectivity index is 2.50. The summed E-state index contributed by atoms with van der Waals surface area (Å²) in [5, 5.41) is 2.07. The van der Waals surface area contributed by atoms with Crippen molar-refractivity contribution in [3.8, 4) is 0 Å². The summed E-state index contributed by atoms with van der Waals surface area (Å²) in [7, 11) is 0. The van der Waals surface area contributed by atoms with Gasteiger partial charge in [-0.05, 0) is 50.1 Å². The minimum atomic E-state index is 0.735. The fourth-order valence-electron chi connectivity index (χ4n) is 2.10. The normalized spacial score (nSPS) is 11.2. The van der Waals surface area contributed by atoms with E-state index < -0.39 is 0 Å². The summed E-state index contributed by atoms with van der Waals surface area (Å²) in [6.45, 7) is 3.88. The average molecular weight is 237 g/mol. The topological polar surface area (TPSA) is 30.9 Å². The number of fused-ring (bicyclic) bond motifs is 1. The van der Waals surface area contributed by atoms with E-state index in [2.05, 4.69) is 29.8 Å². The van der Waals surface area contributed by atoms with E-state index in [4.69, 9.17) is 17.3 Å². The largest absolute Gasteiger partial charge is 0.347 e. The molecule has 2 rings (SSSR count). The molecule has 1 aromatic heterocycles. The predicted octanol–water partition coefficient (Wildman–Crippen LogP) is 3.21. The van der Waals surface area contributed by atoms with Gasteiger partial charge >= 0.3 is 0 Å². The highest BCUT2D eigenvalue weighted by atomic mass is 35.5. The van der Waals surface area contributed by atoms with Crippen molar-refractivity contribution < 1.29 is 0 Å². The Hall–Kier alpha value is -0.990. The molecule has 1 aromatic carbocycles. The number of halogens is 1. The van der Waals surface area contributed by atoms with Crippen molar-refractivity contribution in [3.63, 3.8) is 0 Å². The molecule has 3 heteroatoms. The van der Waals surface area contributed by atoms with E-state index in [1.54, 1.807) is 0 Å². The Bertz CT molecular complexity index is 488. The van der Waals surface area contributed by atoms with Crippen molar-refractivity contribution in [2.45, 2.75) is 26.3 Å². The summed E-state index contributed by atoms with van der Waals surface area (Å²) in [5.41, 5.74) is 8.17. The molecule has 0 atom stereocenters. The minimum absolute atomic E-state index is 0.735. The van der Waals surface area contributed by atoms with Crippen LogP contribution in [-0.2, 0) is 13.0 Å². The monoisotopic (exact) mass is 236 g/mol. The molecular formula is C13H17ClN2. The Labute approximate surface area is 101 Å². The van der Waals surface area contributed by atoms with Crippen LogP contribution in [-0.4, -0.2) is 11.1 Å². The lowest BCUT2D eigenvalue weighted by atomic mass is 10.1. The first-order valence-corrected chi connectivity index (χ1v) is 6.11. The SMILES string of the molecule is CCn1cc(CCCN)c2cc(Cl)ccc21. The van der Waals surface area contributed by atoms with Crippen LogP contribution in [0.25, 0.3) is 10.9 Å². The first kappa shape index (κ1) is 11.5. The highest BCUT2D eigenvalue weighted by molar-refractivity contribution is 6.31. The van der Waals surface area contributed by atoms with Crippen molar-refractivity contribution in [2.24, 2.45) is 5.73 Å². The number of rotatable bonds is 4. The van der Waals surface area contributed by atoms with Gasteiger partial charge in [0.1, 0.15) is 0 Å². The van der Waals surface area contributed by atoms with Crippen molar-refractivity contribution in [1.82, 2.24) is 4.57 Å². The third-order valence-corrected chi connectivity index (χ3v) is 3.15. The zero-order valence-corrected chi connectivity index (χ0v) is 10.3. The average Bonchev–Trinajstić information content (AvgIpc) is 2.64. The zero-order valence-electron chi connectivity index (χ0n) is 9.54. The quantitative estimate of drug-likeness (QED) is 0.869. The van der Waals surface area contributed by atoms with Crippen LogP contribution in [0.1, 0.15) is 18.9 Å². The third-order valence-electron chi connectivity index (χ3n) is 2.92. The number of aromatic nitrogens is 1. The van der Waals surface area contributed by atoms with E-state index in [0.717, 1.165) is 31.0 Å². The highest BCUT2D eigenvalue weighted by Crippen LogP contribution is 2.25. The minimum Gasteiger partial charge on any atom is -0.347 e. The van der Waals surface area contributed by atoms with Gasteiger partial charge in [0.25, 0.3) is 0 Å². The second kappa shape index (κ2) is 4.89. The molecule has 0 aliphatic rings. The van der Waals surface area contributed by atoms with Gasteiger partial charge in [-0.25, -0.2) is 0 Å². The Morgan fingerprint density at radius 2 is 2.19 bits per heavy atom. The van der Waals surface area contributed by atoms with E-state index in [-0.39, 0.29) is 0 Å². The fraction of sp³-hybridized carbons (Fsp3) is 0.385. The lowest BCUT2D eigenvalue weighted by Gasteiger charge is -1.99. The first-order chi connectivity index (χ1) is 7.76. The number of hydrogen-bond acceptors (Lipinski definition) is 1. The third kappa shape index (κ3) is 2.08. The molecule has 16 heavy (non-hydrogen) atoms. The number of hydrogen-bond donors (Lipinski definition) is 1. The smallest absolute Gasteiger partial charge is 0.0484 e. The summed E-state index contributed by atoms with van der Waals surface area (Å²) in [6.07, 6.45) is 4.27. The zero-order chi connectivity index (χ0) is 11.5. The maximum absolute atomic E-state index is 6.04. The molecule has 0 bridgehead atoms. The van der Waals surface area contributed by atoms with E-state index in [9.17, 15) is 0 Å². The molecule has 0 aliphatic carbocycles. The van der Waals surface area contributed by atoms with Crippen LogP contribution < -0.4 is 5.73 Å². The number of nitrogens with zero attached hydrogens (tertiary/aromatic N) is 1. The molecule has 1 heterocycles. The maximum atomic E-state index is 6.04. The van der Waals surface area contributed by atoms with Gasteiger partial charge in [0.2, 0.25) is 0 Å². The Morgan fingerprint density at radius 3 is 2.88 bits per heavy atom. The van der Waals surface area contributed by atoms with Crippen LogP contribution >= 0.6 is 11.6 Å². The molecule has 0 saturated heterocycles. The molecule has 2 nitrogen and oxygen atoms in total. The summed E-state index contributed by atoms with van der Waals surface area (Å²) >= 11 is 6.04. The van der Waals surface area contributed by atoms with Gasteiger partial charge in [-0.1, -0.05) is 11.6 Å². The molecule has 0 spiro atoms. The van der Waals surface area contributed by atoms with Crippen molar-refractivity contribution in [3.05, 3.63) is 35.0 Å². The van der Waals surface area contributed by atoms with E-state index in [0.29, 0.717) is 0 Å². The summed E-state index contributed by atoms with van der Waals surface area (Å²) < 4.78 is 2.26. The van der Waals surface area contributed by atoms with Crippen molar-refractivity contribution >= 4 is 22.5 Å². The number of benzene rings is 1. The maximum Gasteiger partial charge on any atom is 0.0484 e. The van der Waals surface area contributed by atoms with Crippen LogP contribution in [0.15, 0.2) is 24.4 Å². The Kier molecular flexibility index (Phi) is 3.52.